The lowest BCUT2D eigenvalue weighted by atomic mass is 10.1. The summed E-state index contributed by atoms with van der Waals surface area (Å²) in [6, 6.07) is 13.8. The van der Waals surface area contributed by atoms with Crippen LogP contribution >= 0.6 is 11.6 Å². The number of aliphatic imine (C=N–C) groups is 1. The Balaban J connectivity index is 1.83. The van der Waals surface area contributed by atoms with Gasteiger partial charge in [0.25, 0.3) is 0 Å². The lowest BCUT2D eigenvalue weighted by molar-refractivity contribution is 0.240. The normalized spacial score (nSPS) is 16.7. The highest BCUT2D eigenvalue weighted by atomic mass is 35.5. The number of nitrogens with one attached hydrogen (secondary N) is 1. The molecule has 0 bridgehead atoms. The van der Waals surface area contributed by atoms with E-state index in [0.717, 1.165) is 33.5 Å². The van der Waals surface area contributed by atoms with Gasteiger partial charge < -0.3 is 14.8 Å². The van der Waals surface area contributed by atoms with Crippen molar-refractivity contribution in [3.63, 3.8) is 0 Å². The molecule has 1 aliphatic heterocycles. The summed E-state index contributed by atoms with van der Waals surface area (Å²) in [5.41, 5.74) is 2.11. The first-order valence-corrected chi connectivity index (χ1v) is 8.36. The van der Waals surface area contributed by atoms with Crippen molar-refractivity contribution in [3.8, 4) is 11.5 Å². The third-order valence-corrected chi connectivity index (χ3v) is 4.07. The van der Waals surface area contributed by atoms with Crippen molar-refractivity contribution in [2.75, 3.05) is 13.7 Å². The van der Waals surface area contributed by atoms with E-state index in [9.17, 15) is 0 Å². The molecule has 2 aromatic carbocycles. The number of rotatable bonds is 5. The molecular weight excluding hydrogens is 324 g/mol. The van der Waals surface area contributed by atoms with E-state index in [2.05, 4.69) is 10.3 Å². The quantitative estimate of drug-likeness (QED) is 0.882. The average molecular weight is 345 g/mol. The van der Waals surface area contributed by atoms with E-state index < -0.39 is 0 Å². The van der Waals surface area contributed by atoms with Crippen molar-refractivity contribution < 1.29 is 9.47 Å². The summed E-state index contributed by atoms with van der Waals surface area (Å²) in [6.45, 7) is 4.69. The lowest BCUT2D eigenvalue weighted by Crippen LogP contribution is -2.25. The van der Waals surface area contributed by atoms with Crippen LogP contribution in [-0.4, -0.2) is 25.6 Å². The molecule has 5 heteroatoms. The van der Waals surface area contributed by atoms with Crippen LogP contribution in [0.5, 0.6) is 11.5 Å². The minimum absolute atomic E-state index is 0.0740. The van der Waals surface area contributed by atoms with Crippen LogP contribution in [-0.2, 0) is 0 Å². The maximum absolute atomic E-state index is 5.96. The zero-order valence-corrected chi connectivity index (χ0v) is 14.8. The molecule has 0 radical (unpaired) electrons. The number of halogens is 1. The molecule has 4 nitrogen and oxygen atoms in total. The second-order valence-corrected chi connectivity index (χ2v) is 6.40. The Morgan fingerprint density at radius 1 is 1.17 bits per heavy atom. The fraction of sp³-hybridized carbons (Fsp3) is 0.316. The van der Waals surface area contributed by atoms with E-state index in [-0.39, 0.29) is 12.1 Å². The average Bonchev–Trinajstić information content (AvgIpc) is 3.04. The topological polar surface area (TPSA) is 42.8 Å². The number of hydrogen-bond donors (Lipinski definition) is 1. The molecule has 1 unspecified atom stereocenters. The minimum atomic E-state index is 0.0740. The summed E-state index contributed by atoms with van der Waals surface area (Å²) in [7, 11) is 1.65. The molecule has 126 valence electrons. The number of benzene rings is 2. The Labute approximate surface area is 147 Å². The molecule has 0 aromatic heterocycles. The molecule has 1 N–H and O–H groups in total. The van der Waals surface area contributed by atoms with Gasteiger partial charge in [-0.25, -0.2) is 0 Å². The van der Waals surface area contributed by atoms with Gasteiger partial charge in [0.2, 0.25) is 0 Å². The molecule has 1 aliphatic rings. The largest absolute Gasteiger partial charge is 0.497 e. The maximum atomic E-state index is 5.96. The van der Waals surface area contributed by atoms with Gasteiger partial charge in [-0.1, -0.05) is 23.7 Å². The van der Waals surface area contributed by atoms with Crippen LogP contribution in [0.2, 0.25) is 5.02 Å². The standard InChI is InChI=1S/C19H21ClN2O2/c1-12(2)24-18-10-15(23-3)8-9-16(18)19-21-11-17(22-19)13-4-6-14(20)7-5-13/h4-10,12,17H,11H2,1-3H3,(H,21,22). The van der Waals surface area contributed by atoms with Crippen molar-refractivity contribution in [2.45, 2.75) is 26.0 Å². The summed E-state index contributed by atoms with van der Waals surface area (Å²) in [6.07, 6.45) is 0.0740. The zero-order chi connectivity index (χ0) is 17.1. The van der Waals surface area contributed by atoms with Crippen molar-refractivity contribution in [3.05, 3.63) is 58.6 Å². The number of methoxy groups -OCH3 is 1. The van der Waals surface area contributed by atoms with Gasteiger partial charge in [-0.2, -0.15) is 0 Å². The number of ether oxygens (including phenoxy) is 2. The zero-order valence-electron chi connectivity index (χ0n) is 14.0. The molecule has 0 amide bonds. The van der Waals surface area contributed by atoms with Gasteiger partial charge in [0, 0.05) is 11.1 Å². The van der Waals surface area contributed by atoms with E-state index in [4.69, 9.17) is 21.1 Å². The Bertz CT molecular complexity index is 742. The van der Waals surface area contributed by atoms with Crippen LogP contribution in [0.15, 0.2) is 47.5 Å². The third kappa shape index (κ3) is 3.65. The van der Waals surface area contributed by atoms with Gasteiger partial charge in [-0.05, 0) is 43.7 Å². The van der Waals surface area contributed by atoms with Gasteiger partial charge in [0.1, 0.15) is 17.3 Å². The molecule has 1 heterocycles. The Hall–Kier alpha value is -2.20. The molecule has 0 spiro atoms. The summed E-state index contributed by atoms with van der Waals surface area (Å²) in [4.78, 5) is 4.66. The fourth-order valence-electron chi connectivity index (χ4n) is 2.66. The van der Waals surface area contributed by atoms with Gasteiger partial charge in [0.05, 0.1) is 31.4 Å². The second kappa shape index (κ2) is 7.14. The Morgan fingerprint density at radius 3 is 2.58 bits per heavy atom. The predicted octanol–water partition coefficient (Wildman–Crippen LogP) is 4.23. The Morgan fingerprint density at radius 2 is 1.92 bits per heavy atom. The van der Waals surface area contributed by atoms with E-state index in [1.165, 1.54) is 0 Å². The van der Waals surface area contributed by atoms with Crippen LogP contribution in [0.1, 0.15) is 31.0 Å². The van der Waals surface area contributed by atoms with E-state index in [1.54, 1.807) is 7.11 Å². The van der Waals surface area contributed by atoms with Gasteiger partial charge in [0.15, 0.2) is 0 Å². The highest BCUT2D eigenvalue weighted by Gasteiger charge is 2.23. The number of amidine groups is 1. The van der Waals surface area contributed by atoms with Crippen LogP contribution in [0.4, 0.5) is 0 Å². The van der Waals surface area contributed by atoms with Gasteiger partial charge in [-0.3, -0.25) is 4.99 Å². The number of hydrogen-bond acceptors (Lipinski definition) is 4. The first kappa shape index (κ1) is 16.7. The molecule has 3 rings (SSSR count). The highest BCUT2D eigenvalue weighted by Crippen LogP contribution is 2.29. The van der Waals surface area contributed by atoms with E-state index in [0.29, 0.717) is 6.54 Å². The van der Waals surface area contributed by atoms with Crippen LogP contribution in [0, 0.1) is 0 Å². The molecule has 0 fully saturated rings. The number of nitrogens with zero attached hydrogens (tertiary/aromatic N) is 1. The molecule has 0 aliphatic carbocycles. The summed E-state index contributed by atoms with van der Waals surface area (Å²) in [5.74, 6) is 2.38. The van der Waals surface area contributed by atoms with E-state index in [1.807, 2.05) is 56.3 Å². The maximum Gasteiger partial charge on any atom is 0.134 e. The van der Waals surface area contributed by atoms with E-state index >= 15 is 0 Å². The molecule has 1 atom stereocenters. The first-order chi connectivity index (χ1) is 11.6. The highest BCUT2D eigenvalue weighted by molar-refractivity contribution is 6.30. The van der Waals surface area contributed by atoms with Crippen LogP contribution in [0.25, 0.3) is 0 Å². The van der Waals surface area contributed by atoms with Crippen LogP contribution < -0.4 is 14.8 Å². The van der Waals surface area contributed by atoms with Crippen molar-refractivity contribution in [1.29, 1.82) is 0 Å². The first-order valence-electron chi connectivity index (χ1n) is 7.98. The molecule has 2 aromatic rings. The van der Waals surface area contributed by atoms with Gasteiger partial charge >= 0.3 is 0 Å². The SMILES string of the molecule is COc1ccc(C2=NCC(c3ccc(Cl)cc3)N2)c(OC(C)C)c1. The third-order valence-electron chi connectivity index (χ3n) is 3.82. The van der Waals surface area contributed by atoms with Gasteiger partial charge in [-0.15, -0.1) is 0 Å². The van der Waals surface area contributed by atoms with Crippen molar-refractivity contribution in [1.82, 2.24) is 5.32 Å². The molecule has 24 heavy (non-hydrogen) atoms. The smallest absolute Gasteiger partial charge is 0.134 e. The lowest BCUT2D eigenvalue weighted by Gasteiger charge is -2.17. The summed E-state index contributed by atoms with van der Waals surface area (Å²) in [5, 5.41) is 4.22. The molecule has 0 saturated carbocycles. The predicted molar refractivity (Wildman–Crippen MR) is 97.5 cm³/mol. The van der Waals surface area contributed by atoms with Crippen molar-refractivity contribution in [2.24, 2.45) is 4.99 Å². The summed E-state index contributed by atoms with van der Waals surface area (Å²) >= 11 is 5.96. The van der Waals surface area contributed by atoms with Crippen molar-refractivity contribution >= 4 is 17.4 Å². The Kier molecular flexibility index (Phi) is 4.95. The van der Waals surface area contributed by atoms with Crippen LogP contribution in [0.3, 0.4) is 0 Å². The monoisotopic (exact) mass is 344 g/mol. The summed E-state index contributed by atoms with van der Waals surface area (Å²) < 4.78 is 11.2. The molecule has 0 saturated heterocycles. The second-order valence-electron chi connectivity index (χ2n) is 5.97. The molecular formula is C19H21ClN2O2. The minimum Gasteiger partial charge on any atom is -0.497 e. The fourth-order valence-corrected chi connectivity index (χ4v) is 2.79.